The van der Waals surface area contributed by atoms with E-state index in [1.165, 1.54) is 0 Å². The van der Waals surface area contributed by atoms with E-state index in [1.807, 2.05) is 78.9 Å². The van der Waals surface area contributed by atoms with Crippen molar-refractivity contribution in [3.63, 3.8) is 0 Å². The van der Waals surface area contributed by atoms with Crippen molar-refractivity contribution < 1.29 is 4.42 Å². The number of furan rings is 1. The van der Waals surface area contributed by atoms with Crippen molar-refractivity contribution in [3.8, 4) is 62.1 Å². The van der Waals surface area contributed by atoms with Gasteiger partial charge >= 0.3 is 0 Å². The van der Waals surface area contributed by atoms with Crippen molar-refractivity contribution in [3.05, 3.63) is 194 Å². The van der Waals surface area contributed by atoms with Crippen LogP contribution in [0.25, 0.3) is 95.1 Å². The zero-order chi connectivity index (χ0) is 38.9. The summed E-state index contributed by atoms with van der Waals surface area (Å²) in [5.41, 5.74) is 13.3. The molecule has 12 rings (SSSR count). The molecule has 0 fully saturated rings. The molecule has 276 valence electrons. The van der Waals surface area contributed by atoms with Crippen molar-refractivity contribution in [1.29, 1.82) is 0 Å². The summed E-state index contributed by atoms with van der Waals surface area (Å²) in [6.45, 7) is 0. The molecule has 59 heavy (non-hydrogen) atoms. The zero-order valence-electron chi connectivity index (χ0n) is 31.6. The van der Waals surface area contributed by atoms with Crippen molar-refractivity contribution >= 4 is 50.3 Å². The fourth-order valence-electron chi connectivity index (χ4n) is 8.49. The lowest BCUT2D eigenvalue weighted by Gasteiger charge is -2.26. The monoisotopic (exact) mass is 756 g/mol. The van der Waals surface area contributed by atoms with Crippen molar-refractivity contribution in [2.24, 2.45) is 0 Å². The number of imidazole rings is 1. The SMILES string of the molecule is c1ccc(-c2nc(-c3ccccc3)nc(-c3cc(-c4cccc5c4oc4ccccc45)cc(N4c5ccccc5-c5ccccc5-n5c4nc4ccccc45)c3)n2)cc1. The fourth-order valence-corrected chi connectivity index (χ4v) is 8.49. The summed E-state index contributed by atoms with van der Waals surface area (Å²) in [4.78, 5) is 23.1. The highest BCUT2D eigenvalue weighted by molar-refractivity contribution is 6.10. The molecule has 0 atom stereocenters. The number of anilines is 3. The van der Waals surface area contributed by atoms with Crippen molar-refractivity contribution in [2.75, 3.05) is 4.90 Å². The Morgan fingerprint density at radius 2 is 0.949 bits per heavy atom. The number of hydrogen-bond acceptors (Lipinski definition) is 6. The highest BCUT2D eigenvalue weighted by Gasteiger charge is 2.30. The van der Waals surface area contributed by atoms with Crippen LogP contribution in [0.1, 0.15) is 0 Å². The molecular weight excluding hydrogens is 725 g/mol. The summed E-state index contributed by atoms with van der Waals surface area (Å²) in [7, 11) is 0. The highest BCUT2D eigenvalue weighted by atomic mass is 16.3. The van der Waals surface area contributed by atoms with Gasteiger partial charge in [0, 0.05) is 44.2 Å². The number of hydrogen-bond donors (Lipinski definition) is 0. The Bertz CT molecular complexity index is 3350. The van der Waals surface area contributed by atoms with E-state index < -0.39 is 0 Å². The second kappa shape index (κ2) is 13.2. The molecule has 0 saturated carbocycles. The van der Waals surface area contributed by atoms with E-state index in [1.54, 1.807) is 0 Å². The van der Waals surface area contributed by atoms with Crippen molar-refractivity contribution in [2.45, 2.75) is 0 Å². The molecule has 1 aliphatic rings. The van der Waals surface area contributed by atoms with Gasteiger partial charge in [-0.3, -0.25) is 9.47 Å². The molecule has 0 unspecified atom stereocenters. The summed E-state index contributed by atoms with van der Waals surface area (Å²) in [5.74, 6) is 2.52. The molecule has 0 aliphatic carbocycles. The van der Waals surface area contributed by atoms with Gasteiger partial charge < -0.3 is 4.42 Å². The van der Waals surface area contributed by atoms with Gasteiger partial charge in [0.1, 0.15) is 11.2 Å². The third-order valence-electron chi connectivity index (χ3n) is 11.2. The van der Waals surface area contributed by atoms with Crippen LogP contribution in [0, 0.1) is 0 Å². The molecule has 4 heterocycles. The summed E-state index contributed by atoms with van der Waals surface area (Å²) >= 11 is 0. The van der Waals surface area contributed by atoms with Crippen LogP contribution < -0.4 is 4.90 Å². The van der Waals surface area contributed by atoms with E-state index in [9.17, 15) is 0 Å². The average Bonchev–Trinajstić information content (AvgIpc) is 3.85. The smallest absolute Gasteiger partial charge is 0.220 e. The predicted octanol–water partition coefficient (Wildman–Crippen LogP) is 13.2. The second-order valence-corrected chi connectivity index (χ2v) is 14.7. The Kier molecular flexibility index (Phi) is 7.40. The maximum Gasteiger partial charge on any atom is 0.220 e. The van der Waals surface area contributed by atoms with Crippen LogP contribution in [0.4, 0.5) is 17.3 Å². The summed E-state index contributed by atoms with van der Waals surface area (Å²) in [5, 5.41) is 2.13. The number of nitrogens with zero attached hydrogens (tertiary/aromatic N) is 6. The molecule has 7 nitrogen and oxygen atoms in total. The van der Waals surface area contributed by atoms with Crippen LogP contribution in [0.5, 0.6) is 0 Å². The Balaban J connectivity index is 1.18. The van der Waals surface area contributed by atoms with E-state index in [2.05, 4.69) is 125 Å². The van der Waals surface area contributed by atoms with Crippen LogP contribution in [-0.4, -0.2) is 24.5 Å². The molecule has 0 amide bonds. The molecule has 0 bridgehead atoms. The fraction of sp³-hybridized carbons (Fsp3) is 0. The molecular formula is C52H32N6O. The first-order valence-electron chi connectivity index (χ1n) is 19.6. The van der Waals surface area contributed by atoms with E-state index in [-0.39, 0.29) is 0 Å². The molecule has 3 aromatic heterocycles. The number of fused-ring (bicyclic) bond motifs is 10. The normalized spacial score (nSPS) is 12.0. The summed E-state index contributed by atoms with van der Waals surface area (Å²) < 4.78 is 8.94. The van der Waals surface area contributed by atoms with Gasteiger partial charge in [-0.2, -0.15) is 0 Å². The van der Waals surface area contributed by atoms with Crippen LogP contribution in [0.2, 0.25) is 0 Å². The third kappa shape index (κ3) is 5.36. The first kappa shape index (κ1) is 33.0. The van der Waals surface area contributed by atoms with Crippen LogP contribution in [0.3, 0.4) is 0 Å². The van der Waals surface area contributed by atoms with Gasteiger partial charge in [-0.05, 0) is 54.1 Å². The Morgan fingerprint density at radius 3 is 1.71 bits per heavy atom. The van der Waals surface area contributed by atoms with Gasteiger partial charge in [0.05, 0.1) is 28.1 Å². The van der Waals surface area contributed by atoms with Gasteiger partial charge in [0.15, 0.2) is 17.5 Å². The van der Waals surface area contributed by atoms with Crippen molar-refractivity contribution in [1.82, 2.24) is 24.5 Å². The maximum atomic E-state index is 6.67. The second-order valence-electron chi connectivity index (χ2n) is 14.7. The van der Waals surface area contributed by atoms with E-state index >= 15 is 0 Å². The largest absolute Gasteiger partial charge is 0.455 e. The Morgan fingerprint density at radius 1 is 0.390 bits per heavy atom. The van der Waals surface area contributed by atoms with Gasteiger partial charge in [-0.15, -0.1) is 0 Å². The predicted molar refractivity (Wildman–Crippen MR) is 237 cm³/mol. The minimum atomic E-state index is 0.553. The molecule has 0 radical (unpaired) electrons. The first-order chi connectivity index (χ1) is 29.2. The molecule has 8 aromatic carbocycles. The molecule has 1 aliphatic heterocycles. The summed E-state index contributed by atoms with van der Waals surface area (Å²) in [6, 6.07) is 66.8. The van der Waals surface area contributed by atoms with Gasteiger partial charge in [-0.1, -0.05) is 146 Å². The summed E-state index contributed by atoms with van der Waals surface area (Å²) in [6.07, 6.45) is 0. The van der Waals surface area contributed by atoms with Gasteiger partial charge in [0.2, 0.25) is 5.95 Å². The molecule has 0 spiro atoms. The number of aromatic nitrogens is 5. The zero-order valence-corrected chi connectivity index (χ0v) is 31.6. The topological polar surface area (TPSA) is 72.9 Å². The number of para-hydroxylation sites is 6. The first-order valence-corrected chi connectivity index (χ1v) is 19.6. The number of rotatable bonds is 5. The quantitative estimate of drug-likeness (QED) is 0.174. The lowest BCUT2D eigenvalue weighted by molar-refractivity contribution is 0.670. The standard InChI is InChI=1S/C52H32N6O/c1-3-16-33(17-4-1)49-54-50(34-18-5-2-6-19-34)56-51(55-49)36-30-35(38-23-15-24-42-41-22-9-14-29-47(41)59-48(38)42)31-37(32-36)57-44-26-11-7-20-39(44)40-21-8-12-27-45(40)58-46-28-13-10-25-43(46)53-52(57)58/h1-32H. The van der Waals surface area contributed by atoms with Crippen LogP contribution in [0.15, 0.2) is 199 Å². The van der Waals surface area contributed by atoms with Gasteiger partial charge in [-0.25, -0.2) is 19.9 Å². The minimum Gasteiger partial charge on any atom is -0.455 e. The Hall–Kier alpha value is -8.16. The van der Waals surface area contributed by atoms with Crippen LogP contribution >= 0.6 is 0 Å². The van der Waals surface area contributed by atoms with E-state index in [4.69, 9.17) is 24.4 Å². The molecule has 7 heteroatoms. The number of benzene rings is 8. The maximum absolute atomic E-state index is 6.67. The molecule has 0 N–H and O–H groups in total. The Labute approximate surface area is 339 Å². The van der Waals surface area contributed by atoms with Crippen LogP contribution in [-0.2, 0) is 0 Å². The highest BCUT2D eigenvalue weighted by Crippen LogP contribution is 2.49. The molecule has 0 saturated heterocycles. The minimum absolute atomic E-state index is 0.553. The molecule has 11 aromatic rings. The third-order valence-corrected chi connectivity index (χ3v) is 11.2. The van der Waals surface area contributed by atoms with Gasteiger partial charge in [0.25, 0.3) is 0 Å². The lowest BCUT2D eigenvalue weighted by Crippen LogP contribution is -2.14. The van der Waals surface area contributed by atoms with E-state index in [0.717, 1.165) is 94.9 Å². The average molecular weight is 757 g/mol. The van der Waals surface area contributed by atoms with E-state index in [0.29, 0.717) is 17.5 Å². The lowest BCUT2D eigenvalue weighted by atomic mass is 9.98.